The Labute approximate surface area is 119 Å². The van der Waals surface area contributed by atoms with E-state index in [0.717, 1.165) is 28.6 Å². The summed E-state index contributed by atoms with van der Waals surface area (Å²) in [5, 5.41) is 0. The van der Waals surface area contributed by atoms with Gasteiger partial charge in [-0.15, -0.1) is 0 Å². The molecule has 3 heteroatoms. The number of rotatable bonds is 5. The summed E-state index contributed by atoms with van der Waals surface area (Å²) in [6.07, 6.45) is 2.51. The topological polar surface area (TPSA) is 20.3 Å². The normalized spacial score (nSPS) is 10.8. The summed E-state index contributed by atoms with van der Waals surface area (Å²) in [6, 6.07) is 6.40. The average molecular weight is 312 g/mol. The molecule has 0 bridgehead atoms. The van der Waals surface area contributed by atoms with Crippen LogP contribution in [0, 0.1) is 6.92 Å². The molecule has 0 aliphatic heterocycles. The molecule has 1 aromatic rings. The van der Waals surface area contributed by atoms with Crippen LogP contribution in [0.4, 0.5) is 5.69 Å². The molecular weight excluding hydrogens is 290 g/mol. The van der Waals surface area contributed by atoms with Crippen LogP contribution in [0.3, 0.4) is 0 Å². The van der Waals surface area contributed by atoms with Crippen LogP contribution in [0.25, 0.3) is 0 Å². The van der Waals surface area contributed by atoms with E-state index in [1.54, 1.807) is 0 Å². The maximum atomic E-state index is 12.2. The highest BCUT2D eigenvalue weighted by molar-refractivity contribution is 9.10. The maximum absolute atomic E-state index is 12.2. The summed E-state index contributed by atoms with van der Waals surface area (Å²) in [6.45, 7) is 8.24. The second-order valence-corrected chi connectivity index (χ2v) is 5.38. The smallest absolute Gasteiger partial charge is 0.226 e. The number of aryl methyl sites for hydroxylation is 1. The van der Waals surface area contributed by atoms with Crippen molar-refractivity contribution in [2.24, 2.45) is 0 Å². The van der Waals surface area contributed by atoms with Crippen molar-refractivity contribution in [1.82, 2.24) is 0 Å². The van der Waals surface area contributed by atoms with E-state index in [2.05, 4.69) is 42.8 Å². The molecule has 0 aliphatic rings. The highest BCUT2D eigenvalue weighted by Crippen LogP contribution is 2.26. The number of halogens is 1. The zero-order valence-electron chi connectivity index (χ0n) is 11.7. The average Bonchev–Trinajstić information content (AvgIpc) is 2.38. The lowest BCUT2D eigenvalue weighted by molar-refractivity contribution is -0.118. The van der Waals surface area contributed by atoms with Crippen LogP contribution in [0.1, 0.15) is 45.6 Å². The van der Waals surface area contributed by atoms with E-state index >= 15 is 0 Å². The number of hydrogen-bond acceptors (Lipinski definition) is 1. The third kappa shape index (κ3) is 3.35. The zero-order chi connectivity index (χ0) is 13.7. The third-order valence-corrected chi connectivity index (χ3v) is 4.19. The molecule has 0 fully saturated rings. The van der Waals surface area contributed by atoms with Crippen LogP contribution in [0.15, 0.2) is 22.7 Å². The van der Waals surface area contributed by atoms with E-state index < -0.39 is 0 Å². The molecule has 1 amide bonds. The molecule has 0 unspecified atom stereocenters. The second kappa shape index (κ2) is 6.93. The molecule has 0 saturated heterocycles. The summed E-state index contributed by atoms with van der Waals surface area (Å²) < 4.78 is 1.08. The van der Waals surface area contributed by atoms with Gasteiger partial charge in [0.15, 0.2) is 0 Å². The SMILES string of the molecule is CCC(=O)N(c1ccc(Br)c(C)c1)C(CC)CC. The number of nitrogens with zero attached hydrogens (tertiary/aromatic N) is 1. The number of anilines is 1. The summed E-state index contributed by atoms with van der Waals surface area (Å²) in [4.78, 5) is 14.1. The molecule has 0 N–H and O–H groups in total. The number of carbonyl (C=O) groups is 1. The van der Waals surface area contributed by atoms with E-state index in [4.69, 9.17) is 0 Å². The van der Waals surface area contributed by atoms with E-state index in [0.29, 0.717) is 6.42 Å². The number of amides is 1. The van der Waals surface area contributed by atoms with Gasteiger partial charge >= 0.3 is 0 Å². The van der Waals surface area contributed by atoms with Crippen molar-refractivity contribution in [3.63, 3.8) is 0 Å². The van der Waals surface area contributed by atoms with Crippen molar-refractivity contribution in [3.05, 3.63) is 28.2 Å². The first-order valence-electron chi connectivity index (χ1n) is 6.63. The Morgan fingerprint density at radius 3 is 2.33 bits per heavy atom. The number of carbonyl (C=O) groups excluding carboxylic acids is 1. The molecule has 2 nitrogen and oxygen atoms in total. The van der Waals surface area contributed by atoms with Crippen molar-refractivity contribution in [2.45, 2.75) is 53.0 Å². The van der Waals surface area contributed by atoms with Crippen molar-refractivity contribution >= 4 is 27.5 Å². The Morgan fingerprint density at radius 2 is 1.89 bits per heavy atom. The zero-order valence-corrected chi connectivity index (χ0v) is 13.3. The molecule has 0 radical (unpaired) electrons. The minimum atomic E-state index is 0.199. The fourth-order valence-corrected chi connectivity index (χ4v) is 2.41. The monoisotopic (exact) mass is 311 g/mol. The number of benzene rings is 1. The van der Waals surface area contributed by atoms with Gasteiger partial charge in [-0.25, -0.2) is 0 Å². The van der Waals surface area contributed by atoms with Gasteiger partial charge < -0.3 is 4.90 Å². The molecule has 0 aromatic heterocycles. The Morgan fingerprint density at radius 1 is 1.28 bits per heavy atom. The molecule has 18 heavy (non-hydrogen) atoms. The quantitative estimate of drug-likeness (QED) is 0.772. The molecule has 1 aromatic carbocycles. The lowest BCUT2D eigenvalue weighted by Crippen LogP contribution is -2.39. The predicted molar refractivity (Wildman–Crippen MR) is 81.0 cm³/mol. The number of hydrogen-bond donors (Lipinski definition) is 0. The van der Waals surface area contributed by atoms with Gasteiger partial charge in [-0.3, -0.25) is 4.79 Å². The Balaban J connectivity index is 3.16. The summed E-state index contributed by atoms with van der Waals surface area (Å²) in [5.74, 6) is 0.199. The minimum absolute atomic E-state index is 0.199. The van der Waals surface area contributed by atoms with Crippen LogP contribution < -0.4 is 4.90 Å². The molecule has 0 aliphatic carbocycles. The largest absolute Gasteiger partial charge is 0.309 e. The lowest BCUT2D eigenvalue weighted by atomic mass is 10.1. The van der Waals surface area contributed by atoms with E-state index in [1.165, 1.54) is 0 Å². The third-order valence-electron chi connectivity index (χ3n) is 3.30. The van der Waals surface area contributed by atoms with Gasteiger partial charge in [-0.05, 0) is 43.5 Å². The van der Waals surface area contributed by atoms with Gasteiger partial charge in [0.25, 0.3) is 0 Å². The first kappa shape index (κ1) is 15.2. The Bertz CT molecular complexity index is 413. The van der Waals surface area contributed by atoms with E-state index in [9.17, 15) is 4.79 Å². The fourth-order valence-electron chi connectivity index (χ4n) is 2.16. The molecule has 0 spiro atoms. The van der Waals surface area contributed by atoms with Gasteiger partial charge in [0.1, 0.15) is 0 Å². The molecule has 0 saturated carbocycles. The molecule has 0 atom stereocenters. The Hall–Kier alpha value is -0.830. The fraction of sp³-hybridized carbons (Fsp3) is 0.533. The van der Waals surface area contributed by atoms with Crippen LogP contribution in [-0.4, -0.2) is 11.9 Å². The second-order valence-electron chi connectivity index (χ2n) is 4.52. The highest BCUT2D eigenvalue weighted by atomic mass is 79.9. The van der Waals surface area contributed by atoms with Crippen LogP contribution in [0.5, 0.6) is 0 Å². The van der Waals surface area contributed by atoms with Gasteiger partial charge in [0.2, 0.25) is 5.91 Å². The van der Waals surface area contributed by atoms with Crippen molar-refractivity contribution < 1.29 is 4.79 Å². The Kier molecular flexibility index (Phi) is 5.86. The van der Waals surface area contributed by atoms with Gasteiger partial charge in [-0.2, -0.15) is 0 Å². The molecule has 0 heterocycles. The minimum Gasteiger partial charge on any atom is -0.309 e. The molecule has 100 valence electrons. The first-order valence-corrected chi connectivity index (χ1v) is 7.42. The standard InChI is InChI=1S/C15H22BrNO/c1-5-12(6-2)17(15(18)7-3)13-8-9-14(16)11(4)10-13/h8-10,12H,5-7H2,1-4H3. The molecular formula is C15H22BrNO. The van der Waals surface area contributed by atoms with Gasteiger partial charge in [0.05, 0.1) is 0 Å². The first-order chi connectivity index (χ1) is 8.54. The van der Waals surface area contributed by atoms with Crippen LogP contribution >= 0.6 is 15.9 Å². The van der Waals surface area contributed by atoms with E-state index in [-0.39, 0.29) is 11.9 Å². The van der Waals surface area contributed by atoms with Gasteiger partial charge in [-0.1, -0.05) is 36.7 Å². The van der Waals surface area contributed by atoms with Crippen LogP contribution in [-0.2, 0) is 4.79 Å². The molecule has 1 rings (SSSR count). The van der Waals surface area contributed by atoms with Crippen LogP contribution in [0.2, 0.25) is 0 Å². The maximum Gasteiger partial charge on any atom is 0.226 e. The highest BCUT2D eigenvalue weighted by Gasteiger charge is 2.21. The summed E-state index contributed by atoms with van der Waals surface area (Å²) in [7, 11) is 0. The van der Waals surface area contributed by atoms with Gasteiger partial charge in [0, 0.05) is 22.6 Å². The predicted octanol–water partition coefficient (Wildman–Crippen LogP) is 4.69. The lowest BCUT2D eigenvalue weighted by Gasteiger charge is -2.31. The summed E-state index contributed by atoms with van der Waals surface area (Å²) in [5.41, 5.74) is 2.17. The van der Waals surface area contributed by atoms with Crippen molar-refractivity contribution in [2.75, 3.05) is 4.90 Å². The van der Waals surface area contributed by atoms with Crippen molar-refractivity contribution in [3.8, 4) is 0 Å². The van der Waals surface area contributed by atoms with E-state index in [1.807, 2.05) is 24.0 Å². The summed E-state index contributed by atoms with van der Waals surface area (Å²) >= 11 is 3.50. The van der Waals surface area contributed by atoms with Crippen molar-refractivity contribution in [1.29, 1.82) is 0 Å².